The molecule has 29 heavy (non-hydrogen) atoms. The Morgan fingerprint density at radius 2 is 1.83 bits per heavy atom. The quantitative estimate of drug-likeness (QED) is 0.146. The van der Waals surface area contributed by atoms with E-state index in [9.17, 15) is 14.9 Å². The number of fused-ring (bicyclic) bond motifs is 3. The number of aryl methyl sites for hydroxylation is 1. The van der Waals surface area contributed by atoms with Crippen LogP contribution in [0.15, 0.2) is 48.5 Å². The maximum Gasteiger partial charge on any atom is 0.270 e. The Labute approximate surface area is 172 Å². The standard InChI is InChI=1S/C23H22N2O3S/c1-3-4-5-10-21(26)22-13-15(2)23(29-22)24-19-9-7-6-8-17(19)18-14-16(25(27)28)11-12-20(18)24/h6-9,11-14H,3-5,10H2,1-2H3. The Balaban J connectivity index is 1.87. The number of para-hydroxylation sites is 1. The molecule has 6 heteroatoms. The van der Waals surface area contributed by atoms with Crippen LogP contribution in [0.3, 0.4) is 0 Å². The van der Waals surface area contributed by atoms with Gasteiger partial charge in [-0.15, -0.1) is 11.3 Å². The molecule has 0 atom stereocenters. The Morgan fingerprint density at radius 3 is 2.59 bits per heavy atom. The lowest BCUT2D eigenvalue weighted by molar-refractivity contribution is -0.384. The number of thiophene rings is 1. The second-order valence-corrected chi connectivity index (χ2v) is 8.32. The van der Waals surface area contributed by atoms with Crippen molar-refractivity contribution in [3.8, 4) is 5.00 Å². The summed E-state index contributed by atoms with van der Waals surface area (Å²) in [5, 5.41) is 14.1. The van der Waals surface area contributed by atoms with Gasteiger partial charge >= 0.3 is 0 Å². The van der Waals surface area contributed by atoms with Crippen molar-refractivity contribution in [2.45, 2.75) is 39.5 Å². The first kappa shape index (κ1) is 19.3. The average Bonchev–Trinajstić information content (AvgIpc) is 3.25. The number of nitrogens with zero attached hydrogens (tertiary/aromatic N) is 2. The molecule has 0 saturated carbocycles. The predicted octanol–water partition coefficient (Wildman–Crippen LogP) is 6.82. The lowest BCUT2D eigenvalue weighted by atomic mass is 10.1. The molecule has 2 aromatic carbocycles. The van der Waals surface area contributed by atoms with E-state index in [-0.39, 0.29) is 16.4 Å². The molecular formula is C23H22N2O3S. The molecule has 148 valence electrons. The zero-order valence-corrected chi connectivity index (χ0v) is 17.3. The van der Waals surface area contributed by atoms with Crippen molar-refractivity contribution in [1.29, 1.82) is 0 Å². The third-order valence-corrected chi connectivity index (χ3v) is 6.51. The van der Waals surface area contributed by atoms with Gasteiger partial charge in [0.15, 0.2) is 5.78 Å². The molecule has 0 aliphatic heterocycles. The summed E-state index contributed by atoms with van der Waals surface area (Å²) in [5.74, 6) is 0.189. The van der Waals surface area contributed by atoms with Crippen LogP contribution in [0.1, 0.15) is 47.8 Å². The van der Waals surface area contributed by atoms with Crippen molar-refractivity contribution in [1.82, 2.24) is 4.57 Å². The fourth-order valence-electron chi connectivity index (χ4n) is 3.78. The zero-order chi connectivity index (χ0) is 20.5. The van der Waals surface area contributed by atoms with Crippen LogP contribution in [-0.2, 0) is 0 Å². The fraction of sp³-hybridized carbons (Fsp3) is 0.261. The van der Waals surface area contributed by atoms with Crippen LogP contribution < -0.4 is 0 Å². The van der Waals surface area contributed by atoms with Crippen LogP contribution >= 0.6 is 11.3 Å². The Hall–Kier alpha value is -2.99. The molecule has 0 N–H and O–H groups in total. The molecule has 0 bridgehead atoms. The largest absolute Gasteiger partial charge is 0.300 e. The summed E-state index contributed by atoms with van der Waals surface area (Å²) in [6.07, 6.45) is 3.65. The van der Waals surface area contributed by atoms with Gasteiger partial charge in [-0.2, -0.15) is 0 Å². The highest BCUT2D eigenvalue weighted by Crippen LogP contribution is 2.38. The first-order chi connectivity index (χ1) is 14.0. The number of Topliss-reactive ketones (excluding diaryl/α,β-unsaturated/α-hetero) is 1. The maximum atomic E-state index is 12.6. The van der Waals surface area contributed by atoms with Gasteiger partial charge in [-0.05, 0) is 37.1 Å². The van der Waals surface area contributed by atoms with Gasteiger partial charge in [0, 0.05) is 29.3 Å². The molecule has 4 rings (SSSR count). The highest BCUT2D eigenvalue weighted by atomic mass is 32.1. The number of nitro groups is 1. The maximum absolute atomic E-state index is 12.6. The van der Waals surface area contributed by atoms with E-state index in [1.165, 1.54) is 17.4 Å². The molecule has 0 aliphatic rings. The smallest absolute Gasteiger partial charge is 0.270 e. The van der Waals surface area contributed by atoms with Gasteiger partial charge < -0.3 is 4.57 Å². The number of carbonyl (C=O) groups excluding carboxylic acids is 1. The molecule has 5 nitrogen and oxygen atoms in total. The Morgan fingerprint density at radius 1 is 1.07 bits per heavy atom. The third kappa shape index (κ3) is 3.44. The number of hydrogen-bond acceptors (Lipinski definition) is 4. The molecule has 0 fully saturated rings. The second-order valence-electron chi connectivity index (χ2n) is 7.29. The van der Waals surface area contributed by atoms with Crippen molar-refractivity contribution in [2.24, 2.45) is 0 Å². The van der Waals surface area contributed by atoms with E-state index in [0.29, 0.717) is 6.42 Å². The predicted molar refractivity (Wildman–Crippen MR) is 119 cm³/mol. The van der Waals surface area contributed by atoms with Crippen LogP contribution in [0.2, 0.25) is 0 Å². The summed E-state index contributed by atoms with van der Waals surface area (Å²) in [7, 11) is 0. The molecule has 0 radical (unpaired) electrons. The van der Waals surface area contributed by atoms with Crippen LogP contribution in [0.4, 0.5) is 5.69 Å². The molecule has 2 aromatic heterocycles. The lowest BCUT2D eigenvalue weighted by Gasteiger charge is -2.06. The Bertz CT molecular complexity index is 1240. The number of nitro benzene ring substituents is 1. The summed E-state index contributed by atoms with van der Waals surface area (Å²) < 4.78 is 2.12. The number of aromatic nitrogens is 1. The van der Waals surface area contributed by atoms with Gasteiger partial charge in [-0.25, -0.2) is 0 Å². The molecule has 0 amide bonds. The van der Waals surface area contributed by atoms with Crippen molar-refractivity contribution < 1.29 is 9.72 Å². The van der Waals surface area contributed by atoms with E-state index in [1.807, 2.05) is 37.3 Å². The topological polar surface area (TPSA) is 65.1 Å². The van der Waals surface area contributed by atoms with Crippen molar-refractivity contribution in [3.05, 3.63) is 69.1 Å². The highest BCUT2D eigenvalue weighted by molar-refractivity contribution is 7.16. The number of carbonyl (C=O) groups is 1. The second kappa shape index (κ2) is 7.79. The first-order valence-corrected chi connectivity index (χ1v) is 10.6. The fourth-order valence-corrected chi connectivity index (χ4v) is 4.95. The number of hydrogen-bond donors (Lipinski definition) is 0. The number of unbranched alkanes of at least 4 members (excludes halogenated alkanes) is 2. The number of ketones is 1. The number of benzene rings is 2. The number of rotatable bonds is 7. The molecule has 2 heterocycles. The summed E-state index contributed by atoms with van der Waals surface area (Å²) in [4.78, 5) is 24.3. The molecule has 0 spiro atoms. The van der Waals surface area contributed by atoms with Crippen LogP contribution in [0, 0.1) is 17.0 Å². The van der Waals surface area contributed by atoms with Crippen molar-refractivity contribution >= 4 is 44.6 Å². The van der Waals surface area contributed by atoms with Gasteiger partial charge in [0.05, 0.1) is 20.8 Å². The van der Waals surface area contributed by atoms with Crippen LogP contribution in [0.5, 0.6) is 0 Å². The van der Waals surface area contributed by atoms with E-state index in [2.05, 4.69) is 11.5 Å². The van der Waals surface area contributed by atoms with Gasteiger partial charge in [0.25, 0.3) is 5.69 Å². The third-order valence-electron chi connectivity index (χ3n) is 5.24. The summed E-state index contributed by atoms with van der Waals surface area (Å²) in [6, 6.07) is 14.8. The first-order valence-electron chi connectivity index (χ1n) is 9.83. The zero-order valence-electron chi connectivity index (χ0n) is 16.5. The molecule has 0 saturated heterocycles. The number of non-ortho nitro benzene ring substituents is 1. The molecule has 0 unspecified atom stereocenters. The Kier molecular flexibility index (Phi) is 5.20. The van der Waals surface area contributed by atoms with Crippen LogP contribution in [0.25, 0.3) is 26.8 Å². The van der Waals surface area contributed by atoms with Gasteiger partial charge in [0.1, 0.15) is 5.00 Å². The minimum Gasteiger partial charge on any atom is -0.300 e. The van der Waals surface area contributed by atoms with E-state index >= 15 is 0 Å². The van der Waals surface area contributed by atoms with Crippen molar-refractivity contribution in [3.63, 3.8) is 0 Å². The monoisotopic (exact) mass is 406 g/mol. The summed E-state index contributed by atoms with van der Waals surface area (Å²) in [6.45, 7) is 4.14. The van der Waals surface area contributed by atoms with E-state index in [0.717, 1.165) is 56.5 Å². The van der Waals surface area contributed by atoms with E-state index in [1.54, 1.807) is 12.1 Å². The van der Waals surface area contributed by atoms with Crippen molar-refractivity contribution in [2.75, 3.05) is 0 Å². The lowest BCUT2D eigenvalue weighted by Crippen LogP contribution is -1.95. The minimum atomic E-state index is -0.366. The van der Waals surface area contributed by atoms with Gasteiger partial charge in [-0.1, -0.05) is 38.0 Å². The average molecular weight is 407 g/mol. The van der Waals surface area contributed by atoms with Crippen LogP contribution in [-0.4, -0.2) is 15.3 Å². The molecule has 0 aliphatic carbocycles. The highest BCUT2D eigenvalue weighted by Gasteiger charge is 2.19. The minimum absolute atomic E-state index is 0.0788. The normalized spacial score (nSPS) is 11.4. The summed E-state index contributed by atoms with van der Waals surface area (Å²) in [5.41, 5.74) is 3.01. The SMILES string of the molecule is CCCCCC(=O)c1cc(C)c(-n2c3ccccc3c3cc([N+](=O)[O-])ccc32)s1. The van der Waals surface area contributed by atoms with Gasteiger partial charge in [0.2, 0.25) is 0 Å². The van der Waals surface area contributed by atoms with E-state index < -0.39 is 0 Å². The molecular weight excluding hydrogens is 384 g/mol. The van der Waals surface area contributed by atoms with E-state index in [4.69, 9.17) is 0 Å². The van der Waals surface area contributed by atoms with Gasteiger partial charge in [-0.3, -0.25) is 14.9 Å². The summed E-state index contributed by atoms with van der Waals surface area (Å²) >= 11 is 1.50. The molecule has 4 aromatic rings.